The molecule has 37 heavy (non-hydrogen) atoms. The first-order valence-electron chi connectivity index (χ1n) is 13.5. The molecule has 0 aliphatic heterocycles. The van der Waals surface area contributed by atoms with Crippen LogP contribution >= 0.6 is 7.60 Å². The number of rotatable bonds is 6. The molecule has 4 rings (SSSR count). The summed E-state index contributed by atoms with van der Waals surface area (Å²) in [5.74, 6) is -2.08. The molecule has 0 aromatic rings. The van der Waals surface area contributed by atoms with E-state index in [4.69, 9.17) is 10.3 Å². The van der Waals surface area contributed by atoms with Crippen molar-refractivity contribution in [3.05, 3.63) is 23.8 Å². The van der Waals surface area contributed by atoms with E-state index in [2.05, 4.69) is 20.8 Å². The van der Waals surface area contributed by atoms with Gasteiger partial charge in [-0.1, -0.05) is 51.5 Å². The zero-order chi connectivity index (χ0) is 27.8. The quantitative estimate of drug-likeness (QED) is 0.291. The number of fused-ring (bicyclic) bond motifs is 5. The molecule has 0 spiro atoms. The van der Waals surface area contributed by atoms with Crippen molar-refractivity contribution in [3.63, 3.8) is 0 Å². The monoisotopic (exact) mass is 541 g/mol. The van der Waals surface area contributed by atoms with E-state index in [9.17, 15) is 24.5 Å². The third kappa shape index (κ3) is 4.44. The normalized spacial score (nSPS) is 46.9. The number of nitrogens with two attached hydrogens (primary N) is 1. The molecule has 0 radical (unpaired) electrons. The van der Waals surface area contributed by atoms with E-state index in [1.807, 2.05) is 19.1 Å². The molecule has 0 aromatic heterocycles. The molecule has 0 saturated heterocycles. The largest absolute Gasteiger partial charge is 0.390 e. The zero-order valence-electron chi connectivity index (χ0n) is 23.0. The van der Waals surface area contributed by atoms with Crippen molar-refractivity contribution in [1.82, 2.24) is 0 Å². The van der Waals surface area contributed by atoms with Crippen LogP contribution in [0.2, 0.25) is 0 Å². The Hall–Kier alpha value is -0.890. The second-order valence-corrected chi connectivity index (χ2v) is 15.6. The first-order chi connectivity index (χ1) is 16.8. The number of Topliss-reactive ketones (excluding diaryl/α,β-unsaturated/α-hetero) is 1. The minimum atomic E-state index is -3.95. The fourth-order valence-electron chi connectivity index (χ4n) is 8.30. The van der Waals surface area contributed by atoms with Crippen LogP contribution in [0.1, 0.15) is 73.1 Å². The van der Waals surface area contributed by atoms with Crippen molar-refractivity contribution in [1.29, 1.82) is 0 Å². The summed E-state index contributed by atoms with van der Waals surface area (Å²) in [4.78, 5) is 23.3. The van der Waals surface area contributed by atoms with Crippen molar-refractivity contribution < 1.29 is 33.4 Å². The molecule has 10 atom stereocenters. The number of aliphatic hydroxyl groups excluding tert-OH is 1. The number of ketones is 1. The van der Waals surface area contributed by atoms with E-state index in [1.165, 1.54) is 0 Å². The lowest BCUT2D eigenvalue weighted by Gasteiger charge is -2.62. The molecular formula is C28H45FNO6P. The number of carbonyl (C=O) groups excluding carboxylic acids is 1. The lowest BCUT2D eigenvalue weighted by Crippen LogP contribution is -2.69. The van der Waals surface area contributed by atoms with Gasteiger partial charge in [0.15, 0.2) is 11.5 Å². The molecule has 0 heterocycles. The number of aliphatic hydroxyl groups is 2. The number of hydrogen-bond donors (Lipinski definition) is 4. The fourth-order valence-corrected chi connectivity index (χ4v) is 8.66. The molecule has 210 valence electrons. The molecule has 0 amide bonds. The van der Waals surface area contributed by atoms with Gasteiger partial charge in [-0.2, -0.15) is 0 Å². The molecular weight excluding hydrogens is 496 g/mol. The van der Waals surface area contributed by atoms with Gasteiger partial charge in [-0.25, -0.2) is 4.39 Å². The Balaban J connectivity index is 1.77. The Morgan fingerprint density at radius 2 is 1.95 bits per heavy atom. The lowest BCUT2D eigenvalue weighted by molar-refractivity contribution is -0.220. The van der Waals surface area contributed by atoms with E-state index < -0.39 is 60.0 Å². The summed E-state index contributed by atoms with van der Waals surface area (Å²) in [5, 5.41) is 23.9. The molecule has 0 bridgehead atoms. The maximum absolute atomic E-state index is 17.5. The van der Waals surface area contributed by atoms with Crippen molar-refractivity contribution in [2.24, 2.45) is 39.7 Å². The maximum Gasteiger partial charge on any atom is 0.325 e. The van der Waals surface area contributed by atoms with E-state index >= 15 is 4.39 Å². The van der Waals surface area contributed by atoms with E-state index in [1.54, 1.807) is 13.0 Å². The average Bonchev–Trinajstić information content (AvgIpc) is 2.99. The Morgan fingerprint density at radius 1 is 1.30 bits per heavy atom. The summed E-state index contributed by atoms with van der Waals surface area (Å²) in [6.45, 7) is 10.2. The Bertz CT molecular complexity index is 1050. The Morgan fingerprint density at radius 3 is 2.54 bits per heavy atom. The molecule has 7 nitrogen and oxygen atoms in total. The molecule has 3 fully saturated rings. The number of allylic oxidation sites excluding steroid dienone is 2. The fraction of sp³-hybridized carbons (Fsp3) is 0.821. The van der Waals surface area contributed by atoms with Gasteiger partial charge >= 0.3 is 7.60 Å². The van der Waals surface area contributed by atoms with Gasteiger partial charge in [0.2, 0.25) is 0 Å². The molecule has 9 heteroatoms. The number of hydrogen-bond acceptors (Lipinski definition) is 6. The maximum atomic E-state index is 17.5. The van der Waals surface area contributed by atoms with E-state index in [-0.39, 0.29) is 23.8 Å². The molecule has 2 unspecified atom stereocenters. The standard InChI is InChI=1S/C28H45FNO6P/c1-24(2,3)11-9-18-14-21-20-8-7-17-13-19(30)10-12-25(17,4)27(20,29)22(31)15-26(21,5)28(18,33)23(32)16-36-37(6,34)35/h10,12-13,18-22,31,33H,7-9,11,14-16,30H2,1-6H3,(H,34,35)/t18-,19?,20-,21-,22-,25-,26-,27-,28-/m0/s1. The summed E-state index contributed by atoms with van der Waals surface area (Å²) in [6, 6.07) is -0.286. The second-order valence-electron chi connectivity index (χ2n) is 13.8. The highest BCUT2D eigenvalue weighted by atomic mass is 31.2. The van der Waals surface area contributed by atoms with Gasteiger partial charge in [0, 0.05) is 29.5 Å². The van der Waals surface area contributed by atoms with Gasteiger partial charge in [0.1, 0.15) is 12.2 Å². The van der Waals surface area contributed by atoms with Gasteiger partial charge in [-0.3, -0.25) is 9.36 Å². The minimum Gasteiger partial charge on any atom is -0.390 e. The van der Waals surface area contributed by atoms with Crippen LogP contribution in [-0.4, -0.2) is 57.6 Å². The molecule has 5 N–H and O–H groups in total. The highest BCUT2D eigenvalue weighted by Gasteiger charge is 2.76. The van der Waals surface area contributed by atoms with Crippen molar-refractivity contribution in [2.75, 3.05) is 13.3 Å². The van der Waals surface area contributed by atoms with Gasteiger partial charge in [0.25, 0.3) is 0 Å². The van der Waals surface area contributed by atoms with Crippen molar-refractivity contribution in [3.8, 4) is 0 Å². The molecule has 3 saturated carbocycles. The van der Waals surface area contributed by atoms with Crippen LogP contribution in [0.5, 0.6) is 0 Å². The van der Waals surface area contributed by atoms with Crippen LogP contribution in [0, 0.1) is 34.0 Å². The Labute approximate surface area is 220 Å². The second kappa shape index (κ2) is 9.07. The highest BCUT2D eigenvalue weighted by molar-refractivity contribution is 7.51. The number of halogens is 1. The summed E-state index contributed by atoms with van der Waals surface area (Å²) >= 11 is 0. The number of alkyl halides is 1. The third-order valence-corrected chi connectivity index (χ3v) is 10.9. The average molecular weight is 542 g/mol. The van der Waals surface area contributed by atoms with Gasteiger partial charge in [0.05, 0.1) is 6.10 Å². The van der Waals surface area contributed by atoms with Crippen molar-refractivity contribution in [2.45, 2.75) is 96.6 Å². The summed E-state index contributed by atoms with van der Waals surface area (Å²) in [6.07, 6.45) is 6.83. The third-order valence-electron chi connectivity index (χ3n) is 10.3. The van der Waals surface area contributed by atoms with E-state index in [0.29, 0.717) is 25.7 Å². The Kier molecular flexibility index (Phi) is 7.13. The van der Waals surface area contributed by atoms with Crippen LogP contribution in [0.15, 0.2) is 23.8 Å². The van der Waals surface area contributed by atoms with Crippen LogP contribution in [0.4, 0.5) is 4.39 Å². The van der Waals surface area contributed by atoms with Gasteiger partial charge in [-0.05, 0) is 62.7 Å². The summed E-state index contributed by atoms with van der Waals surface area (Å²) in [5.41, 5.74) is 0.924. The zero-order valence-corrected chi connectivity index (χ0v) is 23.9. The van der Waals surface area contributed by atoms with Crippen LogP contribution in [-0.2, 0) is 13.9 Å². The predicted octanol–water partition coefficient (Wildman–Crippen LogP) is 4.30. The van der Waals surface area contributed by atoms with E-state index in [0.717, 1.165) is 18.7 Å². The van der Waals surface area contributed by atoms with Gasteiger partial charge < -0.3 is 25.4 Å². The molecule has 0 aromatic carbocycles. The highest BCUT2D eigenvalue weighted by Crippen LogP contribution is 2.71. The topological polar surface area (TPSA) is 130 Å². The predicted molar refractivity (Wildman–Crippen MR) is 141 cm³/mol. The SMILES string of the molecule is CC(C)(C)CC[C@H]1C[C@H]2[C@@H]3CCC4=CC(N)C=C[C@]4(C)[C@@]3(F)[C@@H](O)C[C@]2(C)[C@@]1(O)C(=O)COP(C)(=O)O. The first-order valence-corrected chi connectivity index (χ1v) is 15.6. The summed E-state index contributed by atoms with van der Waals surface area (Å²) < 4.78 is 34.3. The molecule has 4 aliphatic carbocycles. The minimum absolute atomic E-state index is 0.0492. The first kappa shape index (κ1) is 29.1. The summed E-state index contributed by atoms with van der Waals surface area (Å²) in [7, 11) is -3.95. The lowest BCUT2D eigenvalue weighted by atomic mass is 9.44. The van der Waals surface area contributed by atoms with Gasteiger partial charge in [-0.15, -0.1) is 0 Å². The number of carbonyl (C=O) groups is 1. The van der Waals surface area contributed by atoms with Crippen molar-refractivity contribution >= 4 is 13.4 Å². The van der Waals surface area contributed by atoms with Crippen LogP contribution in [0.3, 0.4) is 0 Å². The smallest absolute Gasteiger partial charge is 0.325 e. The molecule has 4 aliphatic rings. The van der Waals surface area contributed by atoms with Crippen LogP contribution in [0.25, 0.3) is 0 Å². The van der Waals surface area contributed by atoms with Crippen LogP contribution < -0.4 is 5.73 Å².